The minimum Gasteiger partial charge on any atom is -0.508 e. The number of rotatable bonds is 6. The van der Waals surface area contributed by atoms with E-state index in [1.54, 1.807) is 30.3 Å². The summed E-state index contributed by atoms with van der Waals surface area (Å²) in [6, 6.07) is 15.4. The van der Waals surface area contributed by atoms with Crippen molar-refractivity contribution in [3.05, 3.63) is 94.8 Å². The topological polar surface area (TPSA) is 87.1 Å². The number of aromatic hydroxyl groups is 1. The van der Waals surface area contributed by atoms with E-state index in [1.807, 2.05) is 20.8 Å². The Balaban J connectivity index is 1.92. The first-order chi connectivity index (χ1) is 16.7. The average Bonchev–Trinajstić information content (AvgIpc) is 3.10. The van der Waals surface area contributed by atoms with Gasteiger partial charge in [0, 0.05) is 11.3 Å². The van der Waals surface area contributed by atoms with Gasteiger partial charge in [-0.2, -0.15) is 0 Å². The monoisotopic (exact) mass is 475 g/mol. The van der Waals surface area contributed by atoms with Gasteiger partial charge in [0.2, 0.25) is 0 Å². The minimum atomic E-state index is -0.977. The van der Waals surface area contributed by atoms with Crippen molar-refractivity contribution in [1.82, 2.24) is 0 Å². The molecule has 3 aromatic rings. The van der Waals surface area contributed by atoms with E-state index in [0.717, 1.165) is 5.56 Å². The highest BCUT2D eigenvalue weighted by Gasteiger charge is 2.47. The lowest BCUT2D eigenvalue weighted by Crippen LogP contribution is -2.29. The first-order valence-electron chi connectivity index (χ1n) is 11.4. The normalized spacial score (nSPS) is 17.3. The molecule has 3 aromatic carbocycles. The lowest BCUT2D eigenvalue weighted by atomic mass is 9.93. The molecule has 0 spiro atoms. The number of aliphatic hydroxyl groups excluding tert-OH is 1. The minimum absolute atomic E-state index is 0.0144. The highest BCUT2D eigenvalue weighted by molar-refractivity contribution is 6.51. The molecule has 0 bridgehead atoms. The summed E-state index contributed by atoms with van der Waals surface area (Å²) in [5.74, 6) is -1.73. The van der Waals surface area contributed by atoms with Crippen molar-refractivity contribution in [1.29, 1.82) is 0 Å². The van der Waals surface area contributed by atoms with Crippen LogP contribution in [0.4, 0.5) is 10.1 Å². The van der Waals surface area contributed by atoms with E-state index < -0.39 is 23.5 Å². The number of hydrogen-bond acceptors (Lipinski definition) is 5. The number of ether oxygens (including phenoxy) is 1. The number of anilines is 1. The number of aliphatic hydroxyl groups is 1. The molecular weight excluding hydrogens is 449 g/mol. The van der Waals surface area contributed by atoms with Crippen LogP contribution < -0.4 is 9.64 Å². The van der Waals surface area contributed by atoms with E-state index >= 15 is 0 Å². The molecule has 0 aromatic heterocycles. The third-order valence-electron chi connectivity index (χ3n) is 5.96. The molecule has 2 N–H and O–H groups in total. The fourth-order valence-corrected chi connectivity index (χ4v) is 4.26. The number of ketones is 1. The van der Waals surface area contributed by atoms with Gasteiger partial charge in [0.1, 0.15) is 23.1 Å². The molecule has 1 heterocycles. The molecule has 1 amide bonds. The molecule has 0 saturated carbocycles. The predicted molar refractivity (Wildman–Crippen MR) is 131 cm³/mol. The molecule has 1 fully saturated rings. The van der Waals surface area contributed by atoms with Crippen LogP contribution in [0.25, 0.3) is 5.76 Å². The maximum atomic E-state index is 13.6. The van der Waals surface area contributed by atoms with E-state index in [0.29, 0.717) is 29.2 Å². The van der Waals surface area contributed by atoms with E-state index in [9.17, 15) is 24.2 Å². The van der Waals surface area contributed by atoms with Crippen molar-refractivity contribution in [2.24, 2.45) is 0 Å². The lowest BCUT2D eigenvalue weighted by Gasteiger charge is -2.25. The Morgan fingerprint density at radius 1 is 1.03 bits per heavy atom. The number of Topliss-reactive ketones (excluding diaryl/α,β-unsaturated/α-hetero) is 1. The number of hydrogen-bond donors (Lipinski definition) is 2. The molecule has 35 heavy (non-hydrogen) atoms. The second kappa shape index (κ2) is 9.62. The molecule has 1 aliphatic rings. The van der Waals surface area contributed by atoms with Gasteiger partial charge in [-0.15, -0.1) is 0 Å². The maximum absolute atomic E-state index is 13.6. The highest BCUT2D eigenvalue weighted by atomic mass is 19.1. The Morgan fingerprint density at radius 2 is 1.69 bits per heavy atom. The van der Waals surface area contributed by atoms with Crippen molar-refractivity contribution in [2.45, 2.75) is 32.7 Å². The number of halogens is 1. The van der Waals surface area contributed by atoms with Crippen LogP contribution in [0.2, 0.25) is 0 Å². The lowest BCUT2D eigenvalue weighted by molar-refractivity contribution is -0.132. The van der Waals surface area contributed by atoms with Gasteiger partial charge >= 0.3 is 0 Å². The second-order valence-corrected chi connectivity index (χ2v) is 8.58. The molecule has 1 atom stereocenters. The Labute approximate surface area is 202 Å². The number of phenols is 1. The molecule has 1 aliphatic heterocycles. The number of carbonyl (C=O) groups excluding carboxylic acids is 2. The zero-order valence-electron chi connectivity index (χ0n) is 19.7. The third kappa shape index (κ3) is 4.49. The third-order valence-corrected chi connectivity index (χ3v) is 5.96. The number of phenolic OH excluding ortho intramolecular Hbond substituents is 1. The average molecular weight is 476 g/mol. The van der Waals surface area contributed by atoms with Gasteiger partial charge in [-0.1, -0.05) is 26.0 Å². The van der Waals surface area contributed by atoms with Crippen molar-refractivity contribution >= 4 is 23.1 Å². The van der Waals surface area contributed by atoms with Gasteiger partial charge in [-0.05, 0) is 78.6 Å². The molecular formula is C28H26FNO5. The van der Waals surface area contributed by atoms with Crippen LogP contribution in [0, 0.1) is 5.82 Å². The highest BCUT2D eigenvalue weighted by Crippen LogP contribution is 2.43. The molecule has 1 unspecified atom stereocenters. The number of benzene rings is 3. The summed E-state index contributed by atoms with van der Waals surface area (Å²) < 4.78 is 19.3. The summed E-state index contributed by atoms with van der Waals surface area (Å²) in [4.78, 5) is 27.7. The number of carbonyl (C=O) groups is 2. The van der Waals surface area contributed by atoms with Crippen LogP contribution >= 0.6 is 0 Å². The van der Waals surface area contributed by atoms with Crippen molar-refractivity contribution in [3.63, 3.8) is 0 Å². The van der Waals surface area contributed by atoms with Gasteiger partial charge in [0.15, 0.2) is 0 Å². The zero-order valence-corrected chi connectivity index (χ0v) is 19.7. The quantitative estimate of drug-likeness (QED) is 0.272. The maximum Gasteiger partial charge on any atom is 0.300 e. The van der Waals surface area contributed by atoms with Crippen LogP contribution in [0.3, 0.4) is 0 Å². The van der Waals surface area contributed by atoms with Crippen molar-refractivity contribution < 1.29 is 28.9 Å². The van der Waals surface area contributed by atoms with E-state index in [-0.39, 0.29) is 23.0 Å². The number of nitrogens with zero attached hydrogens (tertiary/aromatic N) is 1. The van der Waals surface area contributed by atoms with Gasteiger partial charge in [0.25, 0.3) is 11.7 Å². The molecule has 1 saturated heterocycles. The fraction of sp³-hybridized carbons (Fsp3) is 0.214. The summed E-state index contributed by atoms with van der Waals surface area (Å²) in [6.07, 6.45) is 0. The molecule has 0 aliphatic carbocycles. The van der Waals surface area contributed by atoms with Crippen LogP contribution in [0.1, 0.15) is 49.4 Å². The first-order valence-corrected chi connectivity index (χ1v) is 11.4. The van der Waals surface area contributed by atoms with Gasteiger partial charge in [-0.25, -0.2) is 4.39 Å². The van der Waals surface area contributed by atoms with Gasteiger partial charge in [0.05, 0.1) is 18.2 Å². The summed E-state index contributed by atoms with van der Waals surface area (Å²) in [7, 11) is 0. The molecule has 4 rings (SSSR count). The van der Waals surface area contributed by atoms with Gasteiger partial charge < -0.3 is 14.9 Å². The van der Waals surface area contributed by atoms with E-state index in [4.69, 9.17) is 4.74 Å². The zero-order chi connectivity index (χ0) is 25.3. The summed E-state index contributed by atoms with van der Waals surface area (Å²) in [6.45, 7) is 6.35. The summed E-state index contributed by atoms with van der Waals surface area (Å²) in [5.41, 5.74) is 1.94. The SMILES string of the molecule is CCOc1ccc(/C(O)=C2/C(=O)C(=O)N(c3ccc(F)cc3)C2c2ccc(O)cc2)cc1C(C)C. The van der Waals surface area contributed by atoms with Crippen LogP contribution in [-0.2, 0) is 9.59 Å². The first kappa shape index (κ1) is 24.0. The molecule has 7 heteroatoms. The Kier molecular flexibility index (Phi) is 6.60. The Hall–Kier alpha value is -4.13. The fourth-order valence-electron chi connectivity index (χ4n) is 4.26. The predicted octanol–water partition coefficient (Wildman–Crippen LogP) is 5.68. The Bertz CT molecular complexity index is 1300. The largest absolute Gasteiger partial charge is 0.508 e. The standard InChI is InChI=1S/C28H26FNO5/c1-4-35-23-14-7-18(15-22(23)16(2)3)26(32)24-25(17-5-12-21(31)13-6-17)30(28(34)27(24)33)20-10-8-19(29)9-11-20/h5-16,25,31-32H,4H2,1-3H3/b26-24-. The van der Waals surface area contributed by atoms with E-state index in [2.05, 4.69) is 0 Å². The summed E-state index contributed by atoms with van der Waals surface area (Å²) in [5, 5.41) is 21.1. The molecule has 6 nitrogen and oxygen atoms in total. The molecule has 180 valence electrons. The second-order valence-electron chi connectivity index (χ2n) is 8.58. The molecule has 0 radical (unpaired) electrons. The van der Waals surface area contributed by atoms with Crippen molar-refractivity contribution in [2.75, 3.05) is 11.5 Å². The van der Waals surface area contributed by atoms with Crippen LogP contribution in [0.5, 0.6) is 11.5 Å². The number of amides is 1. The Morgan fingerprint density at radius 3 is 2.29 bits per heavy atom. The van der Waals surface area contributed by atoms with Gasteiger partial charge in [-0.3, -0.25) is 14.5 Å². The van der Waals surface area contributed by atoms with E-state index in [1.165, 1.54) is 41.3 Å². The van der Waals surface area contributed by atoms with Crippen LogP contribution in [-0.4, -0.2) is 28.5 Å². The summed E-state index contributed by atoms with van der Waals surface area (Å²) >= 11 is 0. The van der Waals surface area contributed by atoms with Crippen LogP contribution in [0.15, 0.2) is 72.3 Å². The van der Waals surface area contributed by atoms with Crippen molar-refractivity contribution in [3.8, 4) is 11.5 Å². The smallest absolute Gasteiger partial charge is 0.300 e.